The van der Waals surface area contributed by atoms with E-state index in [-0.39, 0.29) is 33.5 Å². The van der Waals surface area contributed by atoms with Crippen molar-refractivity contribution in [2.75, 3.05) is 6.61 Å². The number of benzene rings is 2. The number of nitrogens with zero attached hydrogens (tertiary/aromatic N) is 2. The number of ether oxygens (including phenoxy) is 1. The SMILES string of the molecule is CCO/N=C/NC(=O)c1ccc(C2=NOC(c3cc(Cl)cc(Cl)c3)(C(F)(F)F)C2)cc1OC(F)F. The molecule has 2 aromatic carbocycles. The first kappa shape index (κ1) is 26.5. The average molecular weight is 540 g/mol. The molecular weight excluding hydrogens is 524 g/mol. The van der Waals surface area contributed by atoms with Crippen LogP contribution >= 0.6 is 23.2 Å². The predicted molar refractivity (Wildman–Crippen MR) is 117 cm³/mol. The molecule has 0 bridgehead atoms. The van der Waals surface area contributed by atoms with E-state index in [1.54, 1.807) is 6.92 Å². The minimum atomic E-state index is -4.95. The second kappa shape index (κ2) is 10.6. The van der Waals surface area contributed by atoms with Gasteiger partial charge in [0.15, 0.2) is 0 Å². The molecule has 0 aromatic heterocycles. The molecule has 3 rings (SSSR count). The van der Waals surface area contributed by atoms with Crippen molar-refractivity contribution >= 4 is 41.2 Å². The van der Waals surface area contributed by atoms with Gasteiger partial charge in [-0.15, -0.1) is 0 Å². The Kier molecular flexibility index (Phi) is 8.06. The van der Waals surface area contributed by atoms with Crippen molar-refractivity contribution in [1.29, 1.82) is 0 Å². The normalized spacial score (nSPS) is 17.9. The van der Waals surface area contributed by atoms with E-state index < -0.39 is 42.0 Å². The molecule has 1 aliphatic heterocycles. The number of hydrogen-bond acceptors (Lipinski definition) is 6. The molecule has 0 radical (unpaired) electrons. The van der Waals surface area contributed by atoms with Crippen molar-refractivity contribution in [3.63, 3.8) is 0 Å². The summed E-state index contributed by atoms with van der Waals surface area (Å²) >= 11 is 11.8. The Balaban J connectivity index is 1.95. The Morgan fingerprint density at radius 2 is 1.94 bits per heavy atom. The molecule has 0 spiro atoms. The summed E-state index contributed by atoms with van der Waals surface area (Å²) in [4.78, 5) is 21.9. The molecule has 1 amide bonds. The van der Waals surface area contributed by atoms with Crippen LogP contribution in [0.1, 0.15) is 34.8 Å². The Morgan fingerprint density at radius 3 is 2.54 bits per heavy atom. The Morgan fingerprint density at radius 1 is 1.26 bits per heavy atom. The average Bonchev–Trinajstić information content (AvgIpc) is 3.23. The van der Waals surface area contributed by atoms with E-state index in [0.717, 1.165) is 30.6 Å². The highest BCUT2D eigenvalue weighted by molar-refractivity contribution is 6.34. The van der Waals surface area contributed by atoms with E-state index in [4.69, 9.17) is 28.0 Å². The van der Waals surface area contributed by atoms with Crippen LogP contribution in [0, 0.1) is 0 Å². The van der Waals surface area contributed by atoms with Crippen LogP contribution in [0.3, 0.4) is 0 Å². The quantitative estimate of drug-likeness (QED) is 0.196. The maximum atomic E-state index is 14.2. The third kappa shape index (κ3) is 5.93. The van der Waals surface area contributed by atoms with Crippen LogP contribution < -0.4 is 10.1 Å². The summed E-state index contributed by atoms with van der Waals surface area (Å²) < 4.78 is 72.8. The molecule has 0 fully saturated rings. The number of hydrogen-bond donors (Lipinski definition) is 1. The highest BCUT2D eigenvalue weighted by Gasteiger charge is 2.62. The smallest absolute Gasteiger partial charge is 0.434 e. The van der Waals surface area contributed by atoms with Crippen molar-refractivity contribution in [2.24, 2.45) is 10.3 Å². The Bertz CT molecular complexity index is 1140. The van der Waals surface area contributed by atoms with Gasteiger partial charge in [-0.05, 0) is 37.3 Å². The topological polar surface area (TPSA) is 81.5 Å². The summed E-state index contributed by atoms with van der Waals surface area (Å²) in [5.74, 6) is -1.48. The molecule has 0 saturated carbocycles. The molecule has 35 heavy (non-hydrogen) atoms. The van der Waals surface area contributed by atoms with Gasteiger partial charge in [0, 0.05) is 27.6 Å². The lowest BCUT2D eigenvalue weighted by molar-refractivity contribution is -0.275. The fraction of sp³-hybridized carbons (Fsp3) is 0.286. The number of halogens is 7. The number of alkyl halides is 5. The zero-order valence-corrected chi connectivity index (χ0v) is 19.2. The van der Waals surface area contributed by atoms with Gasteiger partial charge in [0.05, 0.1) is 11.3 Å². The first-order valence-corrected chi connectivity index (χ1v) is 10.5. The lowest BCUT2D eigenvalue weighted by atomic mass is 9.86. The predicted octanol–water partition coefficient (Wildman–Crippen LogP) is 5.89. The van der Waals surface area contributed by atoms with Gasteiger partial charge in [-0.2, -0.15) is 22.0 Å². The van der Waals surface area contributed by atoms with Crippen molar-refractivity contribution in [1.82, 2.24) is 5.32 Å². The standard InChI is InChI=1S/C21H16Cl2F5N3O4/c1-2-33-30-10-29-18(32)15-4-3-11(5-17(15)34-19(24)25)16-9-20(35-31-16,21(26,27)28)12-6-13(22)8-14(23)7-12/h3-8,10,19H,2,9H2,1H3,(H,29,30,32). The highest BCUT2D eigenvalue weighted by atomic mass is 35.5. The van der Waals surface area contributed by atoms with Crippen molar-refractivity contribution in [2.45, 2.75) is 31.7 Å². The molecule has 1 atom stereocenters. The van der Waals surface area contributed by atoms with Gasteiger partial charge in [-0.1, -0.05) is 39.6 Å². The summed E-state index contributed by atoms with van der Waals surface area (Å²) in [5, 5.41) is 9.04. The second-order valence-electron chi connectivity index (χ2n) is 7.00. The minimum absolute atomic E-state index is 0.0422. The van der Waals surface area contributed by atoms with E-state index in [2.05, 4.69) is 25.2 Å². The van der Waals surface area contributed by atoms with Crippen LogP contribution in [-0.2, 0) is 15.3 Å². The summed E-state index contributed by atoms with van der Waals surface area (Å²) in [7, 11) is 0. The van der Waals surface area contributed by atoms with Crippen LogP contribution in [0.5, 0.6) is 5.75 Å². The van der Waals surface area contributed by atoms with Gasteiger partial charge in [0.1, 0.15) is 18.7 Å². The van der Waals surface area contributed by atoms with Gasteiger partial charge in [-0.3, -0.25) is 4.79 Å². The van der Waals surface area contributed by atoms with E-state index in [1.165, 1.54) is 12.1 Å². The van der Waals surface area contributed by atoms with E-state index in [1.807, 2.05) is 0 Å². The maximum Gasteiger partial charge on any atom is 0.435 e. The lowest BCUT2D eigenvalue weighted by Gasteiger charge is -2.29. The van der Waals surface area contributed by atoms with Crippen LogP contribution in [0.15, 0.2) is 46.7 Å². The molecule has 14 heteroatoms. The number of carbonyl (C=O) groups is 1. The molecule has 188 valence electrons. The molecular formula is C21H16Cl2F5N3O4. The van der Waals surface area contributed by atoms with Crippen molar-refractivity contribution < 1.29 is 41.2 Å². The Hall–Kier alpha value is -3.12. The first-order valence-electron chi connectivity index (χ1n) is 9.79. The summed E-state index contributed by atoms with van der Waals surface area (Å²) in [6.07, 6.45) is -4.88. The molecule has 1 aliphatic rings. The van der Waals surface area contributed by atoms with E-state index in [0.29, 0.717) is 0 Å². The number of carbonyl (C=O) groups excluding carboxylic acids is 1. The third-order valence-corrected chi connectivity index (χ3v) is 5.18. The summed E-state index contributed by atoms with van der Waals surface area (Å²) in [6, 6.07) is 6.60. The Labute approximate surface area is 205 Å². The number of oxime groups is 2. The molecule has 2 aromatic rings. The van der Waals surface area contributed by atoms with Crippen LogP contribution in [0.4, 0.5) is 22.0 Å². The van der Waals surface area contributed by atoms with Gasteiger partial charge >= 0.3 is 12.8 Å². The zero-order valence-electron chi connectivity index (χ0n) is 17.7. The van der Waals surface area contributed by atoms with Crippen molar-refractivity contribution in [3.05, 3.63) is 63.1 Å². The summed E-state index contributed by atoms with van der Waals surface area (Å²) in [5.41, 5.74) is -3.93. The fourth-order valence-electron chi connectivity index (χ4n) is 3.20. The van der Waals surface area contributed by atoms with Crippen LogP contribution in [0.2, 0.25) is 10.0 Å². The third-order valence-electron chi connectivity index (χ3n) is 4.74. The maximum absolute atomic E-state index is 14.2. The van der Waals surface area contributed by atoms with Gasteiger partial charge in [-0.25, -0.2) is 0 Å². The highest BCUT2D eigenvalue weighted by Crippen LogP contribution is 2.49. The van der Waals surface area contributed by atoms with Gasteiger partial charge < -0.3 is 19.7 Å². The molecule has 1 N–H and O–H groups in total. The van der Waals surface area contributed by atoms with Gasteiger partial charge in [0.2, 0.25) is 0 Å². The van der Waals surface area contributed by atoms with Crippen LogP contribution in [-0.4, -0.2) is 37.4 Å². The van der Waals surface area contributed by atoms with Crippen LogP contribution in [0.25, 0.3) is 0 Å². The monoisotopic (exact) mass is 539 g/mol. The molecule has 0 aliphatic carbocycles. The lowest BCUT2D eigenvalue weighted by Crippen LogP contribution is -2.42. The number of amides is 1. The fourth-order valence-corrected chi connectivity index (χ4v) is 3.73. The molecule has 0 saturated heterocycles. The van der Waals surface area contributed by atoms with Gasteiger partial charge in [0.25, 0.3) is 11.5 Å². The minimum Gasteiger partial charge on any atom is -0.434 e. The van der Waals surface area contributed by atoms with E-state index in [9.17, 15) is 26.7 Å². The molecule has 1 heterocycles. The van der Waals surface area contributed by atoms with Crippen molar-refractivity contribution in [3.8, 4) is 5.75 Å². The zero-order chi connectivity index (χ0) is 25.8. The largest absolute Gasteiger partial charge is 0.435 e. The molecule has 1 unspecified atom stereocenters. The molecule has 7 nitrogen and oxygen atoms in total. The van der Waals surface area contributed by atoms with E-state index >= 15 is 0 Å². The summed E-state index contributed by atoms with van der Waals surface area (Å²) in [6.45, 7) is -1.44. The number of rotatable bonds is 8. The number of nitrogens with one attached hydrogen (secondary N) is 1. The second-order valence-corrected chi connectivity index (χ2v) is 7.88. The first-order chi connectivity index (χ1) is 16.5.